The Balaban J connectivity index is 1.87. The molecule has 0 aromatic carbocycles. The fraction of sp³-hybridized carbons (Fsp3) is 0.824. The first-order chi connectivity index (χ1) is 9.89. The molecule has 0 radical (unpaired) electrons. The highest BCUT2D eigenvalue weighted by Gasteiger charge is 2.36. The Kier molecular flexibility index (Phi) is 4.04. The van der Waals surface area contributed by atoms with Crippen LogP contribution in [0, 0.1) is 17.3 Å². The lowest BCUT2D eigenvalue weighted by atomic mass is 9.76. The molecule has 21 heavy (non-hydrogen) atoms. The zero-order valence-electron chi connectivity index (χ0n) is 14.1. The molecule has 0 amide bonds. The van der Waals surface area contributed by atoms with Gasteiger partial charge in [-0.1, -0.05) is 46.0 Å². The first-order valence-electron chi connectivity index (χ1n) is 8.37. The van der Waals surface area contributed by atoms with Crippen molar-refractivity contribution in [3.63, 3.8) is 0 Å². The van der Waals surface area contributed by atoms with Crippen molar-refractivity contribution in [2.75, 3.05) is 24.5 Å². The number of fused-ring (bicyclic) bond motifs is 1. The number of nitrogens with one attached hydrogen (secondary N) is 1. The molecule has 0 spiro atoms. The van der Waals surface area contributed by atoms with Crippen LogP contribution in [0.5, 0.6) is 0 Å². The van der Waals surface area contributed by atoms with Crippen LogP contribution in [0.1, 0.15) is 57.7 Å². The third-order valence-corrected chi connectivity index (χ3v) is 6.42. The molecular weight excluding hydrogens is 278 g/mol. The monoisotopic (exact) mass is 307 g/mol. The number of hydrogen-bond donors (Lipinski definition) is 1. The van der Waals surface area contributed by atoms with Gasteiger partial charge in [0.1, 0.15) is 0 Å². The zero-order valence-corrected chi connectivity index (χ0v) is 14.9. The van der Waals surface area contributed by atoms with Crippen molar-refractivity contribution >= 4 is 16.5 Å². The summed E-state index contributed by atoms with van der Waals surface area (Å²) in [6, 6.07) is 0.498. The molecule has 0 bridgehead atoms. The first-order valence-corrected chi connectivity index (χ1v) is 9.19. The average Bonchev–Trinajstić information content (AvgIpc) is 2.93. The molecule has 1 saturated heterocycles. The molecule has 118 valence electrons. The molecule has 3 nitrogen and oxygen atoms in total. The lowest BCUT2D eigenvalue weighted by Crippen LogP contribution is -2.32. The summed E-state index contributed by atoms with van der Waals surface area (Å²) in [6.45, 7) is 15.0. The number of thiazole rings is 1. The van der Waals surface area contributed by atoms with E-state index in [2.05, 4.69) is 44.8 Å². The van der Waals surface area contributed by atoms with Crippen LogP contribution >= 0.6 is 11.3 Å². The molecule has 1 N–H and O–H groups in total. The van der Waals surface area contributed by atoms with Gasteiger partial charge in [-0.3, -0.25) is 0 Å². The Labute approximate surface area is 133 Å². The SMILES string of the molecule is CCNC1CC(C)(C)Cc2nc(N3CC(C)C(C)C3)sc21. The first kappa shape index (κ1) is 15.3. The largest absolute Gasteiger partial charge is 0.348 e. The predicted octanol–water partition coefficient (Wildman–Crippen LogP) is 3.86. The molecule has 3 rings (SSSR count). The van der Waals surface area contributed by atoms with Gasteiger partial charge < -0.3 is 10.2 Å². The fourth-order valence-electron chi connectivity index (χ4n) is 3.75. The molecule has 0 saturated carbocycles. The Bertz CT molecular complexity index is 498. The van der Waals surface area contributed by atoms with Crippen molar-refractivity contribution in [1.82, 2.24) is 10.3 Å². The van der Waals surface area contributed by atoms with E-state index in [-0.39, 0.29) is 0 Å². The van der Waals surface area contributed by atoms with Gasteiger partial charge in [-0.15, -0.1) is 0 Å². The highest BCUT2D eigenvalue weighted by Crippen LogP contribution is 2.45. The Morgan fingerprint density at radius 2 is 1.95 bits per heavy atom. The van der Waals surface area contributed by atoms with Gasteiger partial charge in [0.15, 0.2) is 5.13 Å². The average molecular weight is 308 g/mol. The minimum absolute atomic E-state index is 0.358. The molecular formula is C17H29N3S. The minimum atomic E-state index is 0.358. The molecule has 1 aliphatic heterocycles. The summed E-state index contributed by atoms with van der Waals surface area (Å²) in [7, 11) is 0. The second-order valence-corrected chi connectivity index (χ2v) is 8.83. The Hall–Kier alpha value is -0.610. The van der Waals surface area contributed by atoms with Gasteiger partial charge in [0.2, 0.25) is 0 Å². The van der Waals surface area contributed by atoms with E-state index >= 15 is 0 Å². The summed E-state index contributed by atoms with van der Waals surface area (Å²) < 4.78 is 0. The Morgan fingerprint density at radius 1 is 1.29 bits per heavy atom. The number of aromatic nitrogens is 1. The van der Waals surface area contributed by atoms with E-state index in [1.54, 1.807) is 0 Å². The second-order valence-electron chi connectivity index (χ2n) is 7.82. The van der Waals surface area contributed by atoms with E-state index in [0.717, 1.165) is 24.8 Å². The van der Waals surface area contributed by atoms with E-state index < -0.39 is 0 Å². The lowest BCUT2D eigenvalue weighted by molar-refractivity contribution is 0.260. The summed E-state index contributed by atoms with van der Waals surface area (Å²) in [5.74, 6) is 1.57. The van der Waals surface area contributed by atoms with Crippen molar-refractivity contribution in [2.24, 2.45) is 17.3 Å². The van der Waals surface area contributed by atoms with Gasteiger partial charge in [-0.05, 0) is 36.6 Å². The van der Waals surface area contributed by atoms with Gasteiger partial charge in [0.05, 0.1) is 5.69 Å². The summed E-state index contributed by atoms with van der Waals surface area (Å²) in [5, 5.41) is 4.93. The van der Waals surface area contributed by atoms with Crippen molar-refractivity contribution in [3.8, 4) is 0 Å². The predicted molar refractivity (Wildman–Crippen MR) is 91.2 cm³/mol. The van der Waals surface area contributed by atoms with E-state index in [9.17, 15) is 0 Å². The van der Waals surface area contributed by atoms with E-state index in [1.165, 1.54) is 35.2 Å². The van der Waals surface area contributed by atoms with Crippen LogP contribution in [0.3, 0.4) is 0 Å². The van der Waals surface area contributed by atoms with Crippen LogP contribution < -0.4 is 10.2 Å². The quantitative estimate of drug-likeness (QED) is 0.919. The molecule has 2 aliphatic rings. The van der Waals surface area contributed by atoms with E-state index in [4.69, 9.17) is 4.98 Å². The van der Waals surface area contributed by atoms with Crippen molar-refractivity contribution in [1.29, 1.82) is 0 Å². The lowest BCUT2D eigenvalue weighted by Gasteiger charge is -2.34. The molecule has 3 unspecified atom stereocenters. The highest BCUT2D eigenvalue weighted by atomic mass is 32.1. The van der Waals surface area contributed by atoms with Crippen LogP contribution in [0.4, 0.5) is 5.13 Å². The number of hydrogen-bond acceptors (Lipinski definition) is 4. The maximum absolute atomic E-state index is 5.03. The van der Waals surface area contributed by atoms with Crippen LogP contribution in [-0.4, -0.2) is 24.6 Å². The molecule has 4 heteroatoms. The highest BCUT2D eigenvalue weighted by molar-refractivity contribution is 7.15. The molecule has 1 aliphatic carbocycles. The normalized spacial score (nSPS) is 31.5. The van der Waals surface area contributed by atoms with Crippen LogP contribution in [0.2, 0.25) is 0 Å². The summed E-state index contributed by atoms with van der Waals surface area (Å²) in [5.41, 5.74) is 1.71. The summed E-state index contributed by atoms with van der Waals surface area (Å²) in [4.78, 5) is 9.04. The smallest absolute Gasteiger partial charge is 0.185 e. The molecule has 1 fully saturated rings. The fourth-order valence-corrected chi connectivity index (χ4v) is 4.93. The maximum atomic E-state index is 5.03. The van der Waals surface area contributed by atoms with Crippen LogP contribution in [0.25, 0.3) is 0 Å². The van der Waals surface area contributed by atoms with Gasteiger partial charge in [0, 0.05) is 24.0 Å². The van der Waals surface area contributed by atoms with E-state index in [1.807, 2.05) is 11.3 Å². The minimum Gasteiger partial charge on any atom is -0.348 e. The van der Waals surface area contributed by atoms with Crippen molar-refractivity contribution in [2.45, 2.75) is 53.5 Å². The standard InChI is InChI=1S/C17H29N3S/c1-6-18-13-7-17(4,5)8-14-15(13)21-16(19-14)20-9-11(2)12(3)10-20/h11-13,18H,6-10H2,1-5H3. The number of anilines is 1. The van der Waals surface area contributed by atoms with Crippen molar-refractivity contribution in [3.05, 3.63) is 10.6 Å². The van der Waals surface area contributed by atoms with Gasteiger partial charge in [0.25, 0.3) is 0 Å². The van der Waals surface area contributed by atoms with Gasteiger partial charge >= 0.3 is 0 Å². The summed E-state index contributed by atoms with van der Waals surface area (Å²) in [6.07, 6.45) is 2.35. The summed E-state index contributed by atoms with van der Waals surface area (Å²) >= 11 is 1.94. The van der Waals surface area contributed by atoms with Crippen molar-refractivity contribution < 1.29 is 0 Å². The molecule has 3 atom stereocenters. The third kappa shape index (κ3) is 2.98. The number of nitrogens with zero attached hydrogens (tertiary/aromatic N) is 2. The second kappa shape index (κ2) is 5.54. The third-order valence-electron chi connectivity index (χ3n) is 5.14. The topological polar surface area (TPSA) is 28.2 Å². The van der Waals surface area contributed by atoms with Gasteiger partial charge in [-0.25, -0.2) is 4.98 Å². The van der Waals surface area contributed by atoms with E-state index in [0.29, 0.717) is 11.5 Å². The maximum Gasteiger partial charge on any atom is 0.185 e. The molecule has 1 aromatic heterocycles. The Morgan fingerprint density at radius 3 is 2.57 bits per heavy atom. The van der Waals surface area contributed by atoms with Gasteiger partial charge in [-0.2, -0.15) is 0 Å². The zero-order chi connectivity index (χ0) is 15.2. The molecule has 2 heterocycles. The number of rotatable bonds is 3. The van der Waals surface area contributed by atoms with Crippen LogP contribution in [0.15, 0.2) is 0 Å². The van der Waals surface area contributed by atoms with Crippen LogP contribution in [-0.2, 0) is 6.42 Å². The molecule has 1 aromatic rings.